The molecule has 8 nitrogen and oxygen atoms in total. The summed E-state index contributed by atoms with van der Waals surface area (Å²) in [6.45, 7) is -0.250. The zero-order chi connectivity index (χ0) is 30.2. The van der Waals surface area contributed by atoms with Gasteiger partial charge in [-0.15, -0.1) is 0 Å². The van der Waals surface area contributed by atoms with Crippen LogP contribution in [-0.2, 0) is 20.2 Å². The van der Waals surface area contributed by atoms with Crippen molar-refractivity contribution in [3.63, 3.8) is 0 Å². The van der Waals surface area contributed by atoms with Crippen LogP contribution in [0, 0.1) is 0 Å². The van der Waals surface area contributed by atoms with Crippen LogP contribution in [0.5, 0.6) is 0 Å². The summed E-state index contributed by atoms with van der Waals surface area (Å²) in [6.07, 6.45) is 6.48. The Hall–Kier alpha value is -4.86. The molecule has 1 aliphatic rings. The van der Waals surface area contributed by atoms with Crippen molar-refractivity contribution in [3.8, 4) is 33.5 Å². The molecule has 2 aromatic heterocycles. The van der Waals surface area contributed by atoms with Gasteiger partial charge in [0.05, 0.1) is 16.1 Å². The molecule has 216 valence electrons. The molecule has 0 atom stereocenters. The molecule has 0 spiro atoms. The topological polar surface area (TPSA) is 128 Å². The van der Waals surface area contributed by atoms with Gasteiger partial charge in [-0.05, 0) is 65.8 Å². The molecule has 1 aliphatic carbocycles. The van der Waals surface area contributed by atoms with Crippen molar-refractivity contribution in [1.82, 2.24) is 14.6 Å². The van der Waals surface area contributed by atoms with E-state index < -0.39 is 9.84 Å². The van der Waals surface area contributed by atoms with Crippen molar-refractivity contribution in [1.29, 1.82) is 0 Å². The van der Waals surface area contributed by atoms with Crippen molar-refractivity contribution in [3.05, 3.63) is 109 Å². The average molecular weight is 591 g/mol. The fourth-order valence-electron chi connectivity index (χ4n) is 5.58. The maximum atomic E-state index is 12.1. The van der Waals surface area contributed by atoms with Crippen LogP contribution in [0.1, 0.15) is 24.8 Å². The third kappa shape index (κ3) is 5.40. The van der Waals surface area contributed by atoms with Crippen LogP contribution < -0.4 is 5.73 Å². The molecule has 4 aromatic carbocycles. The molecule has 0 bridgehead atoms. The highest BCUT2D eigenvalue weighted by molar-refractivity contribution is 7.90. The summed E-state index contributed by atoms with van der Waals surface area (Å²) in [5.41, 5.74) is 14.8. The lowest BCUT2D eigenvalue weighted by Crippen LogP contribution is -2.43. The number of aromatic nitrogens is 3. The summed E-state index contributed by atoms with van der Waals surface area (Å²) >= 11 is 0. The Morgan fingerprint density at radius 2 is 1.51 bits per heavy atom. The van der Waals surface area contributed by atoms with Crippen molar-refractivity contribution in [2.75, 3.05) is 6.26 Å². The maximum Gasteiger partial charge on any atom is 0.290 e. The van der Waals surface area contributed by atoms with Gasteiger partial charge in [0.1, 0.15) is 0 Å². The minimum absolute atomic E-state index is 0.210. The Morgan fingerprint density at radius 3 is 2.16 bits per heavy atom. The molecular weight excluding hydrogens is 560 g/mol. The maximum absolute atomic E-state index is 12.1. The zero-order valence-corrected chi connectivity index (χ0v) is 24.3. The molecule has 6 aromatic rings. The molecule has 2 heterocycles. The smallest absolute Gasteiger partial charge is 0.290 e. The SMILES string of the molecule is CS(=O)(=O)c1cccc(-c2ccc3c(c2)nn2cc(-c4ccccc4)c(-c4ccc(C5(N)CCC5)cc4)nc32)c1.O=CO. The zero-order valence-electron chi connectivity index (χ0n) is 23.5. The fourth-order valence-corrected chi connectivity index (χ4v) is 6.25. The lowest BCUT2D eigenvalue weighted by molar-refractivity contribution is -0.122. The largest absolute Gasteiger partial charge is 0.483 e. The second kappa shape index (κ2) is 11.1. The Balaban J connectivity index is 0.00000105. The molecule has 0 radical (unpaired) electrons. The monoisotopic (exact) mass is 590 g/mol. The van der Waals surface area contributed by atoms with E-state index >= 15 is 0 Å². The lowest BCUT2D eigenvalue weighted by atomic mass is 9.72. The van der Waals surface area contributed by atoms with Crippen molar-refractivity contribution >= 4 is 32.9 Å². The summed E-state index contributed by atoms with van der Waals surface area (Å²) in [5, 5.41) is 12.7. The molecule has 1 saturated carbocycles. The number of rotatable bonds is 5. The molecule has 0 aliphatic heterocycles. The Bertz CT molecular complexity index is 2070. The molecule has 0 unspecified atom stereocenters. The van der Waals surface area contributed by atoms with E-state index in [1.165, 1.54) is 18.2 Å². The summed E-state index contributed by atoms with van der Waals surface area (Å²) in [5.74, 6) is 0. The van der Waals surface area contributed by atoms with Crippen LogP contribution in [0.3, 0.4) is 0 Å². The third-order valence-corrected chi connectivity index (χ3v) is 9.16. The Labute approximate surface area is 249 Å². The molecule has 0 amide bonds. The minimum Gasteiger partial charge on any atom is -0.483 e. The first-order valence-corrected chi connectivity index (χ1v) is 15.8. The van der Waals surface area contributed by atoms with Gasteiger partial charge >= 0.3 is 0 Å². The number of fused-ring (bicyclic) bond motifs is 3. The quantitative estimate of drug-likeness (QED) is 0.225. The number of carbonyl (C=O) groups is 1. The predicted octanol–water partition coefficient (Wildman–Crippen LogP) is 6.33. The average Bonchev–Trinajstić information content (AvgIpc) is 3.36. The molecular formula is C34H30N4O4S. The van der Waals surface area contributed by atoms with E-state index in [9.17, 15) is 8.42 Å². The molecule has 7 rings (SSSR count). The van der Waals surface area contributed by atoms with E-state index in [0.29, 0.717) is 4.90 Å². The van der Waals surface area contributed by atoms with Crippen LogP contribution in [0.15, 0.2) is 108 Å². The van der Waals surface area contributed by atoms with Gasteiger partial charge in [0.2, 0.25) is 0 Å². The van der Waals surface area contributed by atoms with Gasteiger partial charge in [0.25, 0.3) is 6.47 Å². The Kier molecular flexibility index (Phi) is 7.29. The van der Waals surface area contributed by atoms with Crippen LogP contribution in [-0.4, -0.2) is 40.9 Å². The summed E-state index contributed by atoms with van der Waals surface area (Å²) < 4.78 is 26.0. The van der Waals surface area contributed by atoms with E-state index in [2.05, 4.69) is 36.4 Å². The van der Waals surface area contributed by atoms with E-state index in [1.54, 1.807) is 18.2 Å². The standard InChI is InChI=1S/C33H28N4O2S.CH2O2/c1-40(38,39)27-10-5-9-24(19-27)25-13-16-28-30(20-25)36-37-21-29(22-7-3-2-4-8-22)31(35-32(28)37)23-11-14-26(15-12-23)33(34)17-6-18-33;2-1-3/h2-5,7-16,19-21H,6,17-18,34H2,1H3;1H,(H,2,3). The van der Waals surface area contributed by atoms with Crippen LogP contribution in [0.4, 0.5) is 0 Å². The minimum atomic E-state index is -3.30. The fraction of sp³-hybridized carbons (Fsp3) is 0.147. The van der Waals surface area contributed by atoms with Crippen molar-refractivity contribution < 1.29 is 18.3 Å². The number of benzene rings is 4. The lowest BCUT2D eigenvalue weighted by Gasteiger charge is -2.38. The van der Waals surface area contributed by atoms with Gasteiger partial charge in [0, 0.05) is 34.5 Å². The number of sulfone groups is 1. The highest BCUT2D eigenvalue weighted by Gasteiger charge is 2.34. The van der Waals surface area contributed by atoms with Gasteiger partial charge in [-0.25, -0.2) is 17.9 Å². The van der Waals surface area contributed by atoms with Crippen LogP contribution in [0.25, 0.3) is 50.1 Å². The van der Waals surface area contributed by atoms with Crippen molar-refractivity contribution in [2.45, 2.75) is 29.7 Å². The van der Waals surface area contributed by atoms with Gasteiger partial charge < -0.3 is 10.8 Å². The summed E-state index contributed by atoms with van der Waals surface area (Å²) in [4.78, 5) is 13.8. The first kappa shape index (κ1) is 28.3. The van der Waals surface area contributed by atoms with Gasteiger partial charge in [-0.2, -0.15) is 5.10 Å². The van der Waals surface area contributed by atoms with Gasteiger partial charge in [0.15, 0.2) is 15.5 Å². The first-order valence-electron chi connectivity index (χ1n) is 13.9. The van der Waals surface area contributed by atoms with Crippen LogP contribution >= 0.6 is 0 Å². The number of nitrogens with two attached hydrogens (primary N) is 1. The predicted molar refractivity (Wildman–Crippen MR) is 168 cm³/mol. The van der Waals surface area contributed by atoms with Gasteiger partial charge in [-0.3, -0.25) is 4.79 Å². The van der Waals surface area contributed by atoms with E-state index in [4.69, 9.17) is 25.7 Å². The number of hydrogen-bond acceptors (Lipinski definition) is 6. The van der Waals surface area contributed by atoms with Crippen molar-refractivity contribution in [2.24, 2.45) is 5.73 Å². The molecule has 3 N–H and O–H groups in total. The molecule has 0 saturated heterocycles. The highest BCUT2D eigenvalue weighted by Crippen LogP contribution is 2.40. The normalized spacial score (nSPS) is 14.1. The highest BCUT2D eigenvalue weighted by atomic mass is 32.2. The summed E-state index contributed by atoms with van der Waals surface area (Å²) in [6, 6.07) is 31.7. The molecule has 9 heteroatoms. The molecule has 43 heavy (non-hydrogen) atoms. The summed E-state index contributed by atoms with van der Waals surface area (Å²) in [7, 11) is -3.30. The number of carboxylic acid groups (broad SMARTS) is 1. The molecule has 1 fully saturated rings. The second-order valence-electron chi connectivity index (χ2n) is 10.9. The second-order valence-corrected chi connectivity index (χ2v) is 12.9. The first-order chi connectivity index (χ1) is 20.7. The number of nitrogens with zero attached hydrogens (tertiary/aromatic N) is 3. The van der Waals surface area contributed by atoms with E-state index in [-0.39, 0.29) is 12.0 Å². The van der Waals surface area contributed by atoms with E-state index in [1.807, 2.05) is 53.2 Å². The van der Waals surface area contributed by atoms with Crippen LogP contribution in [0.2, 0.25) is 0 Å². The Morgan fingerprint density at radius 1 is 0.860 bits per heavy atom. The third-order valence-electron chi connectivity index (χ3n) is 8.05. The number of hydrogen-bond donors (Lipinski definition) is 2. The van der Waals surface area contributed by atoms with E-state index in [0.717, 1.165) is 62.9 Å². The van der Waals surface area contributed by atoms with Gasteiger partial charge in [-0.1, -0.05) is 72.8 Å².